The van der Waals surface area contributed by atoms with Crippen LogP contribution in [0.4, 0.5) is 0 Å². The van der Waals surface area contributed by atoms with E-state index < -0.39 is 0 Å². The Balaban J connectivity index is 0.00000176. The highest BCUT2D eigenvalue weighted by Crippen LogP contribution is 2.47. The number of benzene rings is 1. The van der Waals surface area contributed by atoms with Crippen LogP contribution in [0.3, 0.4) is 0 Å². The predicted molar refractivity (Wildman–Crippen MR) is 89.8 cm³/mol. The van der Waals surface area contributed by atoms with Gasteiger partial charge in [0.05, 0.1) is 13.2 Å². The maximum absolute atomic E-state index is 12.0. The van der Waals surface area contributed by atoms with Crippen LogP contribution < -0.4 is 10.6 Å². The van der Waals surface area contributed by atoms with Crippen molar-refractivity contribution in [2.75, 3.05) is 26.3 Å². The zero-order chi connectivity index (χ0) is 14.7. The zero-order valence-corrected chi connectivity index (χ0v) is 14.0. The van der Waals surface area contributed by atoms with Gasteiger partial charge in [0.15, 0.2) is 0 Å². The minimum absolute atomic E-state index is 0. The second-order valence-electron chi connectivity index (χ2n) is 5.99. The Labute approximate surface area is 142 Å². The molecule has 22 heavy (non-hydrogen) atoms. The van der Waals surface area contributed by atoms with E-state index in [2.05, 4.69) is 22.8 Å². The molecule has 1 amide bonds. The lowest BCUT2D eigenvalue weighted by Gasteiger charge is -2.24. The fourth-order valence-corrected chi connectivity index (χ4v) is 2.96. The molecule has 2 N–H and O–H groups in total. The molecule has 1 saturated heterocycles. The average Bonchev–Trinajstić information content (AvgIpc) is 3.28. The van der Waals surface area contributed by atoms with Gasteiger partial charge in [-0.05, 0) is 30.5 Å². The second kappa shape index (κ2) is 7.64. The molecule has 0 spiro atoms. The molecular formula is C16H22Cl2N2O2. The molecule has 1 atom stereocenters. The quantitative estimate of drug-likeness (QED) is 0.861. The molecule has 1 aliphatic carbocycles. The molecule has 1 aliphatic heterocycles. The molecule has 3 rings (SSSR count). The summed E-state index contributed by atoms with van der Waals surface area (Å²) in [6.07, 6.45) is 2.73. The van der Waals surface area contributed by atoms with Crippen LogP contribution in [0.1, 0.15) is 24.8 Å². The van der Waals surface area contributed by atoms with Gasteiger partial charge in [0.2, 0.25) is 5.91 Å². The highest BCUT2D eigenvalue weighted by Gasteiger charge is 2.44. The molecule has 1 saturated carbocycles. The smallest absolute Gasteiger partial charge is 0.221 e. The second-order valence-corrected chi connectivity index (χ2v) is 6.43. The number of hydrogen-bond donors (Lipinski definition) is 2. The van der Waals surface area contributed by atoms with Crippen LogP contribution in [0, 0.1) is 0 Å². The summed E-state index contributed by atoms with van der Waals surface area (Å²) in [7, 11) is 0. The minimum atomic E-state index is 0. The molecule has 1 unspecified atom stereocenters. The molecule has 2 aliphatic rings. The van der Waals surface area contributed by atoms with Gasteiger partial charge in [0.1, 0.15) is 0 Å². The summed E-state index contributed by atoms with van der Waals surface area (Å²) < 4.78 is 5.37. The number of ether oxygens (including phenoxy) is 1. The van der Waals surface area contributed by atoms with E-state index in [1.807, 2.05) is 12.1 Å². The Kier molecular flexibility index (Phi) is 6.09. The monoisotopic (exact) mass is 344 g/mol. The molecule has 0 aromatic heterocycles. The van der Waals surface area contributed by atoms with Crippen LogP contribution in [-0.2, 0) is 14.9 Å². The van der Waals surface area contributed by atoms with Crippen LogP contribution in [-0.4, -0.2) is 38.3 Å². The summed E-state index contributed by atoms with van der Waals surface area (Å²) >= 11 is 5.93. The van der Waals surface area contributed by atoms with Gasteiger partial charge in [-0.1, -0.05) is 23.7 Å². The lowest BCUT2D eigenvalue weighted by molar-refractivity contribution is -0.122. The Morgan fingerprint density at radius 1 is 1.36 bits per heavy atom. The number of rotatable bonds is 5. The lowest BCUT2D eigenvalue weighted by Crippen LogP contribution is -2.45. The predicted octanol–water partition coefficient (Wildman–Crippen LogP) is 2.29. The van der Waals surface area contributed by atoms with Crippen molar-refractivity contribution in [2.24, 2.45) is 0 Å². The van der Waals surface area contributed by atoms with Crippen LogP contribution >= 0.6 is 24.0 Å². The summed E-state index contributed by atoms with van der Waals surface area (Å²) in [5.41, 5.74) is 1.39. The maximum atomic E-state index is 12.0. The van der Waals surface area contributed by atoms with Crippen molar-refractivity contribution in [2.45, 2.75) is 30.7 Å². The minimum Gasteiger partial charge on any atom is -0.378 e. The summed E-state index contributed by atoms with van der Waals surface area (Å²) in [6.45, 7) is 2.89. The van der Waals surface area contributed by atoms with E-state index in [0.29, 0.717) is 19.6 Å². The number of morpholine rings is 1. The lowest BCUT2D eigenvalue weighted by atomic mass is 9.96. The van der Waals surface area contributed by atoms with Crippen molar-refractivity contribution in [3.63, 3.8) is 0 Å². The van der Waals surface area contributed by atoms with Crippen molar-refractivity contribution < 1.29 is 9.53 Å². The summed E-state index contributed by atoms with van der Waals surface area (Å²) in [4.78, 5) is 12.0. The van der Waals surface area contributed by atoms with Crippen molar-refractivity contribution in [3.05, 3.63) is 34.9 Å². The number of halogens is 2. The number of hydrogen-bond acceptors (Lipinski definition) is 3. The highest BCUT2D eigenvalue weighted by molar-refractivity contribution is 6.30. The SMILES string of the molecule is Cl.O=C(CC1COCCN1)NCC1(c2ccc(Cl)cc2)CC1. The third kappa shape index (κ3) is 4.35. The van der Waals surface area contributed by atoms with Gasteiger partial charge in [-0.25, -0.2) is 0 Å². The van der Waals surface area contributed by atoms with E-state index in [1.165, 1.54) is 5.56 Å². The molecule has 0 radical (unpaired) electrons. The molecule has 122 valence electrons. The first kappa shape index (κ1) is 17.5. The van der Waals surface area contributed by atoms with Gasteiger partial charge in [-0.2, -0.15) is 0 Å². The van der Waals surface area contributed by atoms with Gasteiger partial charge >= 0.3 is 0 Å². The van der Waals surface area contributed by atoms with Crippen LogP contribution in [0.2, 0.25) is 5.02 Å². The number of nitrogens with one attached hydrogen (secondary N) is 2. The Hall–Kier alpha value is -0.810. The zero-order valence-electron chi connectivity index (χ0n) is 12.4. The van der Waals surface area contributed by atoms with Crippen molar-refractivity contribution in [1.29, 1.82) is 0 Å². The molecule has 1 aromatic rings. The number of amides is 1. The first-order valence-electron chi connectivity index (χ1n) is 7.52. The van der Waals surface area contributed by atoms with E-state index in [9.17, 15) is 4.79 Å². The fourth-order valence-electron chi connectivity index (χ4n) is 2.84. The third-order valence-electron chi connectivity index (χ3n) is 4.36. The topological polar surface area (TPSA) is 50.4 Å². The van der Waals surface area contributed by atoms with E-state index in [1.54, 1.807) is 0 Å². The Bertz CT molecular complexity index is 497. The van der Waals surface area contributed by atoms with Crippen molar-refractivity contribution in [1.82, 2.24) is 10.6 Å². The fraction of sp³-hybridized carbons (Fsp3) is 0.562. The standard InChI is InChI=1S/C16H21ClN2O2.ClH/c17-13-3-1-12(2-4-13)16(5-6-16)11-19-15(20)9-14-10-21-8-7-18-14;/h1-4,14,18H,5-11H2,(H,19,20);1H. The van der Waals surface area contributed by atoms with Crippen LogP contribution in [0.5, 0.6) is 0 Å². The summed E-state index contributed by atoms with van der Waals surface area (Å²) in [6, 6.07) is 8.12. The maximum Gasteiger partial charge on any atom is 0.221 e. The Morgan fingerprint density at radius 3 is 2.68 bits per heavy atom. The third-order valence-corrected chi connectivity index (χ3v) is 4.62. The van der Waals surface area contributed by atoms with Gasteiger partial charge in [0, 0.05) is 36.0 Å². The molecule has 0 bridgehead atoms. The van der Waals surface area contributed by atoms with Gasteiger partial charge < -0.3 is 15.4 Å². The highest BCUT2D eigenvalue weighted by atomic mass is 35.5. The van der Waals surface area contributed by atoms with Crippen molar-refractivity contribution >= 4 is 29.9 Å². The molecule has 1 heterocycles. The largest absolute Gasteiger partial charge is 0.378 e. The average molecular weight is 345 g/mol. The van der Waals surface area contributed by atoms with E-state index in [0.717, 1.165) is 31.0 Å². The van der Waals surface area contributed by atoms with E-state index in [4.69, 9.17) is 16.3 Å². The van der Waals surface area contributed by atoms with E-state index in [-0.39, 0.29) is 29.8 Å². The van der Waals surface area contributed by atoms with E-state index >= 15 is 0 Å². The summed E-state index contributed by atoms with van der Waals surface area (Å²) in [5, 5.41) is 7.13. The van der Waals surface area contributed by atoms with Crippen LogP contribution in [0.25, 0.3) is 0 Å². The first-order chi connectivity index (χ1) is 10.2. The molecule has 4 nitrogen and oxygen atoms in total. The van der Waals surface area contributed by atoms with Crippen LogP contribution in [0.15, 0.2) is 24.3 Å². The normalized spacial score (nSPS) is 22.5. The first-order valence-corrected chi connectivity index (χ1v) is 7.90. The van der Waals surface area contributed by atoms with Gasteiger partial charge in [0.25, 0.3) is 0 Å². The molecular weight excluding hydrogens is 323 g/mol. The molecule has 2 fully saturated rings. The summed E-state index contributed by atoms with van der Waals surface area (Å²) in [5.74, 6) is 0.0956. The number of carbonyl (C=O) groups excluding carboxylic acids is 1. The Morgan fingerprint density at radius 2 is 2.09 bits per heavy atom. The number of carbonyl (C=O) groups is 1. The van der Waals surface area contributed by atoms with Crippen molar-refractivity contribution in [3.8, 4) is 0 Å². The molecule has 6 heteroatoms. The van der Waals surface area contributed by atoms with Gasteiger partial charge in [-0.3, -0.25) is 4.79 Å². The molecule has 1 aromatic carbocycles. The van der Waals surface area contributed by atoms with Gasteiger partial charge in [-0.15, -0.1) is 12.4 Å².